The normalized spacial score (nSPS) is 11.7. The van der Waals surface area contributed by atoms with Gasteiger partial charge in [0, 0.05) is 18.0 Å². The van der Waals surface area contributed by atoms with Gasteiger partial charge in [-0.05, 0) is 47.7 Å². The molecule has 1 unspecified atom stereocenters. The molecule has 1 atom stereocenters. The predicted molar refractivity (Wildman–Crippen MR) is 109 cm³/mol. The Balaban J connectivity index is 1.99. The van der Waals surface area contributed by atoms with E-state index in [1.54, 1.807) is 27.3 Å². The summed E-state index contributed by atoms with van der Waals surface area (Å²) in [7, 11) is 3.18. The largest absolute Gasteiger partial charge is 0.493 e. The van der Waals surface area contributed by atoms with E-state index in [1.165, 1.54) is 0 Å². The van der Waals surface area contributed by atoms with E-state index in [-0.39, 0.29) is 6.42 Å². The molecule has 0 spiro atoms. The third kappa shape index (κ3) is 4.57. The van der Waals surface area contributed by atoms with E-state index >= 15 is 0 Å². The van der Waals surface area contributed by atoms with Crippen LogP contribution in [0.25, 0.3) is 10.8 Å². The van der Waals surface area contributed by atoms with Gasteiger partial charge in [-0.1, -0.05) is 12.1 Å². The maximum Gasteiger partial charge on any atom is 0.161 e. The highest BCUT2D eigenvalue weighted by Crippen LogP contribution is 2.35. The molecule has 6 heteroatoms. The number of hydrogen-bond donors (Lipinski definition) is 0. The van der Waals surface area contributed by atoms with Crippen LogP contribution in [-0.2, 0) is 12.8 Å². The van der Waals surface area contributed by atoms with Crippen LogP contribution in [0, 0.1) is 11.3 Å². The molecular formula is C23H23FN2O3. The fourth-order valence-corrected chi connectivity index (χ4v) is 3.19. The fraction of sp³-hybridized carbons (Fsp3) is 0.304. The Hall–Kier alpha value is -3.33. The van der Waals surface area contributed by atoms with Gasteiger partial charge < -0.3 is 14.2 Å². The molecule has 0 aliphatic carbocycles. The van der Waals surface area contributed by atoms with Crippen molar-refractivity contribution in [3.8, 4) is 23.3 Å². The number of alkyl halides is 1. The molecule has 2 aromatic carbocycles. The zero-order valence-corrected chi connectivity index (χ0v) is 16.7. The summed E-state index contributed by atoms with van der Waals surface area (Å²) < 4.78 is 29.0. The summed E-state index contributed by atoms with van der Waals surface area (Å²) in [5.74, 6) is 1.86. The molecular weight excluding hydrogens is 371 g/mol. The molecule has 0 amide bonds. The Kier molecular flexibility index (Phi) is 6.50. The van der Waals surface area contributed by atoms with Crippen molar-refractivity contribution in [2.24, 2.45) is 0 Å². The van der Waals surface area contributed by atoms with Crippen LogP contribution in [0.1, 0.15) is 23.7 Å². The average molecular weight is 394 g/mol. The Labute approximate surface area is 169 Å². The fourth-order valence-electron chi connectivity index (χ4n) is 3.19. The van der Waals surface area contributed by atoms with Gasteiger partial charge in [-0.15, -0.1) is 0 Å². The van der Waals surface area contributed by atoms with Crippen molar-refractivity contribution in [1.29, 1.82) is 5.26 Å². The first-order chi connectivity index (χ1) is 14.1. The lowest BCUT2D eigenvalue weighted by molar-refractivity contribution is 0.182. The van der Waals surface area contributed by atoms with Gasteiger partial charge in [-0.3, -0.25) is 4.98 Å². The van der Waals surface area contributed by atoms with E-state index in [0.29, 0.717) is 23.7 Å². The summed E-state index contributed by atoms with van der Waals surface area (Å²) in [5.41, 5.74) is 2.76. The molecule has 0 fully saturated rings. The molecule has 0 N–H and O–H groups in total. The van der Waals surface area contributed by atoms with Crippen LogP contribution < -0.4 is 14.2 Å². The van der Waals surface area contributed by atoms with Gasteiger partial charge in [0.15, 0.2) is 11.5 Å². The summed E-state index contributed by atoms with van der Waals surface area (Å²) in [5, 5.41) is 11.0. The van der Waals surface area contributed by atoms with Crippen molar-refractivity contribution in [1.82, 2.24) is 4.98 Å². The van der Waals surface area contributed by atoms with Gasteiger partial charge in [-0.25, -0.2) is 4.39 Å². The van der Waals surface area contributed by atoms with E-state index in [4.69, 9.17) is 19.5 Å². The Morgan fingerprint density at radius 1 is 1.07 bits per heavy atom. The smallest absolute Gasteiger partial charge is 0.161 e. The molecule has 29 heavy (non-hydrogen) atoms. The number of hydrogen-bond acceptors (Lipinski definition) is 5. The Bertz CT molecular complexity index is 1030. The zero-order chi connectivity index (χ0) is 20.8. The number of benzene rings is 2. The minimum Gasteiger partial charge on any atom is -0.493 e. The number of nitrogens with zero attached hydrogens (tertiary/aromatic N) is 2. The van der Waals surface area contributed by atoms with Crippen molar-refractivity contribution in [3.63, 3.8) is 0 Å². The Morgan fingerprint density at radius 3 is 2.31 bits per heavy atom. The second-order valence-corrected chi connectivity index (χ2v) is 6.72. The summed E-state index contributed by atoms with van der Waals surface area (Å²) in [6.45, 7) is 1.16. The van der Waals surface area contributed by atoms with Crippen LogP contribution in [0.2, 0.25) is 0 Å². The first-order valence-corrected chi connectivity index (χ1v) is 9.30. The second-order valence-electron chi connectivity index (χ2n) is 6.72. The summed E-state index contributed by atoms with van der Waals surface area (Å²) >= 11 is 0. The molecule has 150 valence electrons. The molecule has 0 radical (unpaired) electrons. The van der Waals surface area contributed by atoms with Crippen molar-refractivity contribution >= 4 is 10.8 Å². The highest BCUT2D eigenvalue weighted by Gasteiger charge is 2.14. The zero-order valence-electron chi connectivity index (χ0n) is 16.7. The number of aromatic nitrogens is 1. The van der Waals surface area contributed by atoms with Crippen LogP contribution in [0.15, 0.2) is 42.6 Å². The first-order valence-electron chi connectivity index (χ1n) is 9.30. The molecule has 1 heterocycles. The monoisotopic (exact) mass is 394 g/mol. The van der Waals surface area contributed by atoms with Crippen molar-refractivity contribution in [3.05, 3.63) is 59.4 Å². The van der Waals surface area contributed by atoms with Crippen molar-refractivity contribution in [2.75, 3.05) is 20.9 Å². The van der Waals surface area contributed by atoms with Crippen LogP contribution in [0.3, 0.4) is 0 Å². The third-order valence-corrected chi connectivity index (χ3v) is 4.68. The van der Waals surface area contributed by atoms with Gasteiger partial charge in [0.25, 0.3) is 0 Å². The van der Waals surface area contributed by atoms with Gasteiger partial charge in [0.05, 0.1) is 32.4 Å². The van der Waals surface area contributed by atoms with Gasteiger partial charge in [0.1, 0.15) is 18.5 Å². The molecule has 5 nitrogen and oxygen atoms in total. The highest BCUT2D eigenvalue weighted by molar-refractivity contribution is 5.91. The molecule has 0 aliphatic rings. The van der Waals surface area contributed by atoms with Gasteiger partial charge in [-0.2, -0.15) is 5.26 Å². The Morgan fingerprint density at radius 2 is 1.72 bits per heavy atom. The number of nitriles is 1. The SMILES string of the molecule is COc1cc2c(CC#N)cnc(Cc3ccc(OC(C)CF)cc3)c2cc1OC. The number of ether oxygens (including phenoxy) is 3. The predicted octanol–water partition coefficient (Wildman–Crippen LogP) is 4.65. The van der Waals surface area contributed by atoms with Crippen molar-refractivity contribution in [2.45, 2.75) is 25.9 Å². The molecule has 1 aromatic heterocycles. The topological polar surface area (TPSA) is 64.4 Å². The van der Waals surface area contributed by atoms with Crippen LogP contribution in [0.5, 0.6) is 17.2 Å². The van der Waals surface area contributed by atoms with E-state index < -0.39 is 12.8 Å². The number of halogens is 1. The number of pyridine rings is 1. The number of rotatable bonds is 8. The standard InChI is InChI=1S/C23H23FN2O3/c1-15(13-24)29-18-6-4-16(5-7-18)10-21-20-12-23(28-3)22(27-2)11-19(20)17(8-9-25)14-26-21/h4-7,11-12,14-15H,8,10,13H2,1-3H3. The quantitative estimate of drug-likeness (QED) is 0.557. The maximum atomic E-state index is 12.6. The van der Waals surface area contributed by atoms with E-state index in [9.17, 15) is 4.39 Å². The second kappa shape index (κ2) is 9.24. The van der Waals surface area contributed by atoms with E-state index in [2.05, 4.69) is 11.1 Å². The first kappa shape index (κ1) is 20.4. The highest BCUT2D eigenvalue weighted by atomic mass is 19.1. The molecule has 0 bridgehead atoms. The molecule has 0 saturated carbocycles. The van der Waals surface area contributed by atoms with Gasteiger partial charge in [0.2, 0.25) is 0 Å². The molecule has 0 aliphatic heterocycles. The number of fused-ring (bicyclic) bond motifs is 1. The van der Waals surface area contributed by atoms with E-state index in [1.807, 2.05) is 36.4 Å². The van der Waals surface area contributed by atoms with Crippen LogP contribution >= 0.6 is 0 Å². The van der Waals surface area contributed by atoms with Crippen LogP contribution in [0.4, 0.5) is 4.39 Å². The van der Waals surface area contributed by atoms with Gasteiger partial charge >= 0.3 is 0 Å². The lowest BCUT2D eigenvalue weighted by Gasteiger charge is -2.14. The maximum absolute atomic E-state index is 12.6. The average Bonchev–Trinajstić information content (AvgIpc) is 2.75. The lowest BCUT2D eigenvalue weighted by atomic mass is 9.99. The number of methoxy groups -OCH3 is 2. The molecule has 3 aromatic rings. The summed E-state index contributed by atoms with van der Waals surface area (Å²) in [4.78, 5) is 4.61. The third-order valence-electron chi connectivity index (χ3n) is 4.68. The van der Waals surface area contributed by atoms with Crippen molar-refractivity contribution < 1.29 is 18.6 Å². The summed E-state index contributed by atoms with van der Waals surface area (Å²) in [6.07, 6.45) is 2.13. The minimum atomic E-state index is -0.530. The van der Waals surface area contributed by atoms with E-state index in [0.717, 1.165) is 27.6 Å². The molecule has 3 rings (SSSR count). The summed E-state index contributed by atoms with van der Waals surface area (Å²) in [6, 6.07) is 13.5. The minimum absolute atomic E-state index is 0.262. The van der Waals surface area contributed by atoms with Crippen LogP contribution in [-0.4, -0.2) is 32.0 Å². The lowest BCUT2D eigenvalue weighted by Crippen LogP contribution is -2.13. The molecule has 0 saturated heterocycles.